The van der Waals surface area contributed by atoms with Gasteiger partial charge in [0.05, 0.1) is 0 Å². The summed E-state index contributed by atoms with van der Waals surface area (Å²) in [6.45, 7) is 6.11. The lowest BCUT2D eigenvalue weighted by Gasteiger charge is -2.27. The number of amides is 1. The standard InChI is InChI=1S/C8H14BrNOS/c1-8(2,5-9)6-10-3-4-12-7(10)11/h3-6H2,1-2H3. The molecule has 0 aromatic rings. The summed E-state index contributed by atoms with van der Waals surface area (Å²) in [6, 6.07) is 0. The molecular formula is C8H14BrNOS. The van der Waals surface area contributed by atoms with Crippen molar-refractivity contribution >= 4 is 32.9 Å². The predicted molar refractivity (Wildman–Crippen MR) is 57.0 cm³/mol. The van der Waals surface area contributed by atoms with Crippen LogP contribution in [0, 0.1) is 5.41 Å². The molecule has 1 rings (SSSR count). The van der Waals surface area contributed by atoms with Crippen LogP contribution in [0.4, 0.5) is 4.79 Å². The molecule has 0 unspecified atom stereocenters. The Hall–Kier alpha value is 0.300. The van der Waals surface area contributed by atoms with Crippen molar-refractivity contribution in [1.29, 1.82) is 0 Å². The second kappa shape index (κ2) is 4.01. The Morgan fingerprint density at radius 1 is 1.67 bits per heavy atom. The molecule has 2 nitrogen and oxygen atoms in total. The van der Waals surface area contributed by atoms with Crippen molar-refractivity contribution in [3.05, 3.63) is 0 Å². The monoisotopic (exact) mass is 251 g/mol. The highest BCUT2D eigenvalue weighted by atomic mass is 79.9. The van der Waals surface area contributed by atoms with E-state index < -0.39 is 0 Å². The third-order valence-corrected chi connectivity index (χ3v) is 4.24. The Morgan fingerprint density at radius 2 is 2.33 bits per heavy atom. The lowest BCUT2D eigenvalue weighted by Crippen LogP contribution is -2.35. The number of rotatable bonds is 3. The number of alkyl halides is 1. The molecule has 0 N–H and O–H groups in total. The van der Waals surface area contributed by atoms with E-state index in [2.05, 4.69) is 29.8 Å². The minimum atomic E-state index is 0.195. The molecule has 12 heavy (non-hydrogen) atoms. The lowest BCUT2D eigenvalue weighted by atomic mass is 9.96. The number of hydrogen-bond acceptors (Lipinski definition) is 2. The molecule has 1 amide bonds. The molecule has 1 heterocycles. The van der Waals surface area contributed by atoms with Gasteiger partial charge in [-0.2, -0.15) is 0 Å². The van der Waals surface area contributed by atoms with Gasteiger partial charge >= 0.3 is 0 Å². The number of hydrogen-bond donors (Lipinski definition) is 0. The largest absolute Gasteiger partial charge is 0.332 e. The number of nitrogens with zero attached hydrogens (tertiary/aromatic N) is 1. The summed E-state index contributed by atoms with van der Waals surface area (Å²) in [6.07, 6.45) is 0. The van der Waals surface area contributed by atoms with E-state index in [0.29, 0.717) is 0 Å². The normalized spacial score (nSPS) is 18.9. The average Bonchev–Trinajstić information content (AvgIpc) is 2.36. The van der Waals surface area contributed by atoms with Gasteiger partial charge in [0, 0.05) is 24.2 Å². The van der Waals surface area contributed by atoms with Crippen LogP contribution < -0.4 is 0 Å². The minimum Gasteiger partial charge on any atom is -0.332 e. The van der Waals surface area contributed by atoms with E-state index >= 15 is 0 Å². The maximum atomic E-state index is 11.2. The van der Waals surface area contributed by atoms with Crippen LogP contribution in [0.1, 0.15) is 13.8 Å². The van der Waals surface area contributed by atoms with Gasteiger partial charge in [-0.3, -0.25) is 4.79 Å². The van der Waals surface area contributed by atoms with Gasteiger partial charge in [-0.05, 0) is 5.41 Å². The van der Waals surface area contributed by atoms with Crippen molar-refractivity contribution in [3.8, 4) is 0 Å². The van der Waals surface area contributed by atoms with Crippen molar-refractivity contribution in [2.45, 2.75) is 13.8 Å². The van der Waals surface area contributed by atoms with Gasteiger partial charge in [0.15, 0.2) is 0 Å². The SMILES string of the molecule is CC(C)(CBr)CN1CCSC1=O. The molecule has 1 aliphatic heterocycles. The van der Waals surface area contributed by atoms with Gasteiger partial charge in [0.25, 0.3) is 5.24 Å². The highest BCUT2D eigenvalue weighted by Gasteiger charge is 2.27. The lowest BCUT2D eigenvalue weighted by molar-refractivity contribution is 0.206. The minimum absolute atomic E-state index is 0.195. The van der Waals surface area contributed by atoms with Gasteiger partial charge in [0.2, 0.25) is 0 Å². The Morgan fingerprint density at radius 3 is 2.75 bits per heavy atom. The second-order valence-corrected chi connectivity index (χ2v) is 5.44. The Kier molecular flexibility index (Phi) is 3.47. The van der Waals surface area contributed by atoms with Gasteiger partial charge < -0.3 is 4.90 Å². The first kappa shape index (κ1) is 10.4. The third kappa shape index (κ3) is 2.66. The summed E-state index contributed by atoms with van der Waals surface area (Å²) in [5, 5.41) is 1.18. The zero-order valence-corrected chi connectivity index (χ0v) is 9.87. The van der Waals surface area contributed by atoms with E-state index in [-0.39, 0.29) is 10.7 Å². The molecule has 0 atom stereocenters. The van der Waals surface area contributed by atoms with Crippen molar-refractivity contribution < 1.29 is 4.79 Å². The van der Waals surface area contributed by atoms with E-state index in [1.807, 2.05) is 4.90 Å². The molecule has 70 valence electrons. The molecule has 0 saturated carbocycles. The first-order valence-electron chi connectivity index (χ1n) is 4.03. The molecular weight excluding hydrogens is 238 g/mol. The highest BCUT2D eigenvalue weighted by molar-refractivity contribution is 9.09. The van der Waals surface area contributed by atoms with Crippen molar-refractivity contribution in [2.75, 3.05) is 24.2 Å². The molecule has 0 aromatic heterocycles. The van der Waals surface area contributed by atoms with Gasteiger partial charge in [-0.25, -0.2) is 0 Å². The molecule has 1 aliphatic rings. The number of halogens is 1. The quantitative estimate of drug-likeness (QED) is 0.719. The van der Waals surface area contributed by atoms with Crippen LogP contribution in [0.3, 0.4) is 0 Å². The average molecular weight is 252 g/mol. The van der Waals surface area contributed by atoms with E-state index in [9.17, 15) is 4.79 Å². The van der Waals surface area contributed by atoms with Crippen LogP contribution in [-0.2, 0) is 0 Å². The summed E-state index contributed by atoms with van der Waals surface area (Å²) in [5.74, 6) is 0.956. The van der Waals surface area contributed by atoms with Crippen molar-refractivity contribution in [1.82, 2.24) is 4.90 Å². The second-order valence-electron chi connectivity index (χ2n) is 3.83. The summed E-state index contributed by atoms with van der Waals surface area (Å²) in [7, 11) is 0. The Bertz CT molecular complexity index is 184. The number of carbonyl (C=O) groups is 1. The molecule has 0 bridgehead atoms. The van der Waals surface area contributed by atoms with Crippen LogP contribution in [-0.4, -0.2) is 34.3 Å². The van der Waals surface area contributed by atoms with Gasteiger partial charge in [-0.1, -0.05) is 41.5 Å². The van der Waals surface area contributed by atoms with E-state index in [4.69, 9.17) is 0 Å². The zero-order valence-electron chi connectivity index (χ0n) is 7.47. The number of carbonyl (C=O) groups excluding carboxylic acids is 1. The summed E-state index contributed by atoms with van der Waals surface area (Å²) >= 11 is 4.88. The molecule has 0 aromatic carbocycles. The zero-order chi connectivity index (χ0) is 9.19. The van der Waals surface area contributed by atoms with Crippen LogP contribution in [0.15, 0.2) is 0 Å². The summed E-state index contributed by atoms with van der Waals surface area (Å²) < 4.78 is 0. The maximum Gasteiger partial charge on any atom is 0.281 e. The van der Waals surface area contributed by atoms with Gasteiger partial charge in [-0.15, -0.1) is 0 Å². The van der Waals surface area contributed by atoms with Crippen molar-refractivity contribution in [3.63, 3.8) is 0 Å². The maximum absolute atomic E-state index is 11.2. The fraction of sp³-hybridized carbons (Fsp3) is 0.875. The molecule has 0 aliphatic carbocycles. The van der Waals surface area contributed by atoms with Crippen LogP contribution in [0.5, 0.6) is 0 Å². The molecule has 1 saturated heterocycles. The van der Waals surface area contributed by atoms with Crippen LogP contribution in [0.2, 0.25) is 0 Å². The summed E-state index contributed by atoms with van der Waals surface area (Å²) in [4.78, 5) is 13.2. The Balaban J connectivity index is 2.45. The molecule has 0 spiro atoms. The fourth-order valence-corrected chi connectivity index (χ4v) is 2.13. The van der Waals surface area contributed by atoms with Gasteiger partial charge in [0.1, 0.15) is 0 Å². The topological polar surface area (TPSA) is 20.3 Å². The Labute approximate surface area is 86.2 Å². The van der Waals surface area contributed by atoms with E-state index in [1.165, 1.54) is 11.8 Å². The summed E-state index contributed by atoms with van der Waals surface area (Å²) in [5.41, 5.74) is 0.195. The first-order chi connectivity index (χ1) is 5.55. The number of thioether (sulfide) groups is 1. The van der Waals surface area contributed by atoms with Crippen LogP contribution in [0.25, 0.3) is 0 Å². The molecule has 0 radical (unpaired) electrons. The van der Waals surface area contributed by atoms with E-state index in [0.717, 1.165) is 24.2 Å². The van der Waals surface area contributed by atoms with Crippen molar-refractivity contribution in [2.24, 2.45) is 5.41 Å². The third-order valence-electron chi connectivity index (χ3n) is 1.83. The smallest absolute Gasteiger partial charge is 0.281 e. The fourth-order valence-electron chi connectivity index (χ4n) is 1.13. The highest BCUT2D eigenvalue weighted by Crippen LogP contribution is 2.25. The molecule has 1 fully saturated rings. The van der Waals surface area contributed by atoms with E-state index in [1.54, 1.807) is 0 Å². The predicted octanol–water partition coefficient (Wildman–Crippen LogP) is 2.58. The van der Waals surface area contributed by atoms with Crippen LogP contribution >= 0.6 is 27.7 Å². The first-order valence-corrected chi connectivity index (χ1v) is 6.13. The molecule has 4 heteroatoms.